The Balaban J connectivity index is 1.68. The first-order chi connectivity index (χ1) is 18.1. The predicted octanol–water partition coefficient (Wildman–Crippen LogP) is 7.21. The van der Waals surface area contributed by atoms with E-state index in [1.54, 1.807) is 32.2 Å². The summed E-state index contributed by atoms with van der Waals surface area (Å²) < 4.78 is 24.2. The summed E-state index contributed by atoms with van der Waals surface area (Å²) in [6.07, 6.45) is 3.01. The van der Waals surface area contributed by atoms with E-state index in [1.165, 1.54) is 6.26 Å². The molecule has 0 unspecified atom stereocenters. The van der Waals surface area contributed by atoms with Crippen molar-refractivity contribution in [2.45, 2.75) is 18.6 Å². The van der Waals surface area contributed by atoms with Crippen LogP contribution in [0.15, 0.2) is 103 Å². The largest absolute Gasteiger partial charge is 0.478 e. The monoisotopic (exact) mass is 521 g/mol. The number of sulfone groups is 1. The van der Waals surface area contributed by atoms with Crippen LogP contribution in [-0.4, -0.2) is 30.7 Å². The van der Waals surface area contributed by atoms with Crippen molar-refractivity contribution < 1.29 is 18.3 Å². The molecule has 0 saturated heterocycles. The molecule has 1 heterocycles. The Morgan fingerprint density at radius 1 is 0.737 bits per heavy atom. The number of aromatic carboxylic acids is 1. The van der Waals surface area contributed by atoms with Gasteiger partial charge >= 0.3 is 5.97 Å². The highest BCUT2D eigenvalue weighted by molar-refractivity contribution is 7.91. The Morgan fingerprint density at radius 2 is 1.37 bits per heavy atom. The van der Waals surface area contributed by atoms with Gasteiger partial charge in [0.1, 0.15) is 0 Å². The van der Waals surface area contributed by atoms with E-state index in [4.69, 9.17) is 0 Å². The molecule has 1 N–H and O–H groups in total. The Kier molecular flexibility index (Phi) is 6.37. The molecule has 0 amide bonds. The Labute approximate surface area is 222 Å². The van der Waals surface area contributed by atoms with Gasteiger partial charge in [-0.25, -0.2) is 13.2 Å². The highest BCUT2D eigenvalue weighted by Gasteiger charge is 2.33. The van der Waals surface area contributed by atoms with Gasteiger partial charge in [0.25, 0.3) is 0 Å². The van der Waals surface area contributed by atoms with Crippen molar-refractivity contribution >= 4 is 26.7 Å². The SMILES string of the molecule is CC(C)(c1cc(-c2cccc(-c3ccccc3-c3ccc(C(=O)O)cc3)c2)c2ncccc2c1)S(C)(=O)=O. The van der Waals surface area contributed by atoms with Crippen molar-refractivity contribution in [1.82, 2.24) is 4.98 Å². The van der Waals surface area contributed by atoms with E-state index in [9.17, 15) is 18.3 Å². The fourth-order valence-electron chi connectivity index (χ4n) is 4.61. The lowest BCUT2D eigenvalue weighted by molar-refractivity contribution is 0.0697. The summed E-state index contributed by atoms with van der Waals surface area (Å²) in [6, 6.07) is 30.6. The Hall–Kier alpha value is -4.29. The van der Waals surface area contributed by atoms with E-state index < -0.39 is 20.6 Å². The third-order valence-electron chi connectivity index (χ3n) is 7.18. The van der Waals surface area contributed by atoms with Crippen LogP contribution >= 0.6 is 0 Å². The quantitative estimate of drug-likeness (QED) is 0.255. The van der Waals surface area contributed by atoms with Gasteiger partial charge in [-0.05, 0) is 83.6 Å². The summed E-state index contributed by atoms with van der Waals surface area (Å²) >= 11 is 0. The molecule has 0 spiro atoms. The lowest BCUT2D eigenvalue weighted by Gasteiger charge is -2.24. The molecule has 4 aromatic carbocycles. The topological polar surface area (TPSA) is 84.3 Å². The molecule has 5 nitrogen and oxygen atoms in total. The maximum atomic E-state index is 12.7. The molecule has 0 bridgehead atoms. The second kappa shape index (κ2) is 9.54. The summed E-state index contributed by atoms with van der Waals surface area (Å²) in [5.74, 6) is -0.959. The average molecular weight is 522 g/mol. The van der Waals surface area contributed by atoms with Gasteiger partial charge < -0.3 is 5.11 Å². The number of pyridine rings is 1. The van der Waals surface area contributed by atoms with Gasteiger partial charge in [0, 0.05) is 23.4 Å². The van der Waals surface area contributed by atoms with Crippen molar-refractivity contribution in [2.75, 3.05) is 6.26 Å². The molecule has 0 atom stereocenters. The second-order valence-corrected chi connectivity index (χ2v) is 12.5. The van der Waals surface area contributed by atoms with Crippen LogP contribution in [0.25, 0.3) is 44.3 Å². The number of benzene rings is 4. The number of hydrogen-bond acceptors (Lipinski definition) is 4. The van der Waals surface area contributed by atoms with Crippen LogP contribution < -0.4 is 0 Å². The van der Waals surface area contributed by atoms with E-state index in [-0.39, 0.29) is 5.56 Å². The molecule has 0 aliphatic carbocycles. The summed E-state index contributed by atoms with van der Waals surface area (Å²) in [5, 5.41) is 10.1. The van der Waals surface area contributed by atoms with Crippen LogP contribution in [0.2, 0.25) is 0 Å². The Bertz CT molecular complexity index is 1790. The molecule has 5 aromatic rings. The third kappa shape index (κ3) is 4.59. The molecule has 38 heavy (non-hydrogen) atoms. The number of rotatable bonds is 6. The summed E-state index contributed by atoms with van der Waals surface area (Å²) in [7, 11) is -3.38. The minimum atomic E-state index is -3.38. The van der Waals surface area contributed by atoms with E-state index in [1.807, 2.05) is 78.9 Å². The lowest BCUT2D eigenvalue weighted by Crippen LogP contribution is -2.28. The van der Waals surface area contributed by atoms with Crippen LogP contribution in [0.3, 0.4) is 0 Å². The number of fused-ring (bicyclic) bond motifs is 1. The van der Waals surface area contributed by atoms with Crippen molar-refractivity contribution in [1.29, 1.82) is 0 Å². The van der Waals surface area contributed by atoms with Crippen LogP contribution in [0.4, 0.5) is 0 Å². The molecule has 5 rings (SSSR count). The standard InChI is InChI=1S/C32H27NO4S/c1-32(2,38(3,36)37)26-19-25-10-7-17-33-30(25)29(20-26)24-9-6-8-23(18-24)28-12-5-4-11-27(28)21-13-15-22(16-14-21)31(34)35/h4-20H,1-3H3,(H,34,35). The third-order valence-corrected chi connectivity index (χ3v) is 9.27. The number of carboxylic acid groups (broad SMARTS) is 1. The zero-order valence-electron chi connectivity index (χ0n) is 21.3. The zero-order valence-corrected chi connectivity index (χ0v) is 22.2. The number of carbonyl (C=O) groups is 1. The minimum Gasteiger partial charge on any atom is -0.478 e. The number of nitrogens with zero attached hydrogens (tertiary/aromatic N) is 1. The molecule has 0 fully saturated rings. The molecular formula is C32H27NO4S. The van der Waals surface area contributed by atoms with Gasteiger partial charge in [-0.3, -0.25) is 4.98 Å². The molecule has 0 radical (unpaired) electrons. The van der Waals surface area contributed by atoms with Crippen molar-refractivity contribution in [3.8, 4) is 33.4 Å². The van der Waals surface area contributed by atoms with Crippen LogP contribution in [0.5, 0.6) is 0 Å². The normalized spacial score (nSPS) is 12.0. The fourth-order valence-corrected chi connectivity index (χ4v) is 5.15. The van der Waals surface area contributed by atoms with Crippen molar-refractivity contribution in [3.63, 3.8) is 0 Å². The maximum absolute atomic E-state index is 12.7. The summed E-state index contributed by atoms with van der Waals surface area (Å²) in [6.45, 7) is 3.46. The number of carboxylic acids is 1. The van der Waals surface area contributed by atoms with Gasteiger partial charge in [0.05, 0.1) is 15.8 Å². The van der Waals surface area contributed by atoms with Gasteiger partial charge in [0.15, 0.2) is 9.84 Å². The maximum Gasteiger partial charge on any atom is 0.335 e. The van der Waals surface area contributed by atoms with E-state index in [2.05, 4.69) is 11.1 Å². The van der Waals surface area contributed by atoms with Crippen molar-refractivity contribution in [2.24, 2.45) is 0 Å². The van der Waals surface area contributed by atoms with Crippen LogP contribution in [-0.2, 0) is 14.6 Å². The van der Waals surface area contributed by atoms with Gasteiger partial charge in [-0.1, -0.05) is 60.7 Å². The Morgan fingerprint density at radius 3 is 2.00 bits per heavy atom. The number of hydrogen-bond donors (Lipinski definition) is 1. The lowest BCUT2D eigenvalue weighted by atomic mass is 9.90. The average Bonchev–Trinajstić information content (AvgIpc) is 2.92. The van der Waals surface area contributed by atoms with E-state index in [0.29, 0.717) is 5.56 Å². The minimum absolute atomic E-state index is 0.240. The molecule has 0 saturated carbocycles. The highest BCUT2D eigenvalue weighted by Crippen LogP contribution is 2.39. The van der Waals surface area contributed by atoms with Gasteiger partial charge in [0.2, 0.25) is 0 Å². The first-order valence-electron chi connectivity index (χ1n) is 12.2. The first-order valence-corrected chi connectivity index (χ1v) is 14.1. The molecule has 1 aromatic heterocycles. The summed E-state index contributed by atoms with van der Waals surface area (Å²) in [4.78, 5) is 15.9. The van der Waals surface area contributed by atoms with Crippen LogP contribution in [0, 0.1) is 0 Å². The smallest absolute Gasteiger partial charge is 0.335 e. The second-order valence-electron chi connectivity index (χ2n) is 9.89. The predicted molar refractivity (Wildman–Crippen MR) is 153 cm³/mol. The molecule has 6 heteroatoms. The first kappa shape index (κ1) is 25.4. The van der Waals surface area contributed by atoms with Gasteiger partial charge in [-0.15, -0.1) is 0 Å². The fraction of sp³-hybridized carbons (Fsp3) is 0.125. The zero-order chi connectivity index (χ0) is 27.1. The molecule has 190 valence electrons. The molecular weight excluding hydrogens is 494 g/mol. The molecule has 0 aliphatic heterocycles. The summed E-state index contributed by atoms with van der Waals surface area (Å²) in [5.41, 5.74) is 7.42. The highest BCUT2D eigenvalue weighted by atomic mass is 32.2. The molecule has 0 aliphatic rings. The number of aromatic nitrogens is 1. The van der Waals surface area contributed by atoms with Crippen LogP contribution in [0.1, 0.15) is 29.8 Å². The van der Waals surface area contributed by atoms with Crippen molar-refractivity contribution in [3.05, 3.63) is 114 Å². The van der Waals surface area contributed by atoms with E-state index >= 15 is 0 Å². The van der Waals surface area contributed by atoms with E-state index in [0.717, 1.165) is 44.3 Å². The van der Waals surface area contributed by atoms with Gasteiger partial charge in [-0.2, -0.15) is 0 Å².